The molecule has 1 radical (unpaired) electrons. The van der Waals surface area contributed by atoms with E-state index < -0.39 is 8.07 Å². The number of nitrogens with zero attached hydrogens (tertiary/aromatic N) is 4. The maximum absolute atomic E-state index is 6.18. The Kier molecular flexibility index (Phi) is 10.3. The van der Waals surface area contributed by atoms with Crippen molar-refractivity contribution in [2.45, 2.75) is 66.7 Å². The molecule has 3 aromatic carbocycles. The molecule has 4 heterocycles. The Morgan fingerprint density at radius 3 is 2.34 bits per heavy atom. The fraction of sp³-hybridized carbons (Fsp3) is 0.275. The fourth-order valence-electron chi connectivity index (χ4n) is 6.10. The molecule has 243 valence electrons. The smallest absolute Gasteiger partial charge is 0.139 e. The minimum Gasteiger partial charge on any atom is -0.499 e. The summed E-state index contributed by atoms with van der Waals surface area (Å²) in [6, 6.07) is 33.3. The SMILES string of the molecule is CC(C)Cc1cc(-c2[c-]cccc2)ncc1[Si](C)(C)C.Cc1ccc2oc3c(-c4nc5ccccc5n4C(C)C)[c-]ccc3c2n1.[Ir]. The molecule has 0 bridgehead atoms. The number of aromatic nitrogens is 4. The van der Waals surface area contributed by atoms with Crippen LogP contribution in [0.1, 0.15) is 45.0 Å². The molecule has 0 aliphatic rings. The van der Waals surface area contributed by atoms with Gasteiger partial charge in [-0.25, -0.2) is 0 Å². The van der Waals surface area contributed by atoms with E-state index in [1.807, 2.05) is 67.6 Å². The summed E-state index contributed by atoms with van der Waals surface area (Å²) in [5, 5.41) is 2.49. The first kappa shape index (κ1) is 34.4. The van der Waals surface area contributed by atoms with Crippen molar-refractivity contribution in [2.24, 2.45) is 5.92 Å². The second kappa shape index (κ2) is 14.1. The third-order valence-corrected chi connectivity index (χ3v) is 10.2. The van der Waals surface area contributed by atoms with Crippen LogP contribution in [0, 0.1) is 25.0 Å². The van der Waals surface area contributed by atoms with E-state index in [0.717, 1.165) is 67.9 Å². The average Bonchev–Trinajstić information content (AvgIpc) is 3.59. The van der Waals surface area contributed by atoms with Crippen molar-refractivity contribution in [3.63, 3.8) is 0 Å². The number of furan rings is 1. The van der Waals surface area contributed by atoms with Gasteiger partial charge in [0.1, 0.15) is 5.58 Å². The molecule has 0 N–H and O–H groups in total. The monoisotopic (exact) mass is 815 g/mol. The number of hydrogen-bond acceptors (Lipinski definition) is 4. The molecule has 0 aliphatic carbocycles. The van der Waals surface area contributed by atoms with Crippen molar-refractivity contribution in [1.82, 2.24) is 19.5 Å². The molecule has 0 atom stereocenters. The topological polar surface area (TPSA) is 56.7 Å². The zero-order valence-electron chi connectivity index (χ0n) is 28.5. The average molecular weight is 815 g/mol. The maximum Gasteiger partial charge on any atom is 0.139 e. The van der Waals surface area contributed by atoms with Crippen molar-refractivity contribution in [1.29, 1.82) is 0 Å². The van der Waals surface area contributed by atoms with Crippen LogP contribution in [0.2, 0.25) is 19.6 Å². The Morgan fingerprint density at radius 2 is 1.64 bits per heavy atom. The van der Waals surface area contributed by atoms with Gasteiger partial charge < -0.3 is 14.0 Å². The van der Waals surface area contributed by atoms with Gasteiger partial charge in [0.05, 0.1) is 36.0 Å². The van der Waals surface area contributed by atoms with Crippen molar-refractivity contribution in [3.05, 3.63) is 108 Å². The van der Waals surface area contributed by atoms with E-state index in [-0.39, 0.29) is 26.1 Å². The molecule has 7 aromatic rings. The maximum atomic E-state index is 6.18. The van der Waals surface area contributed by atoms with Crippen LogP contribution >= 0.6 is 0 Å². The van der Waals surface area contributed by atoms with Crippen molar-refractivity contribution in [2.75, 3.05) is 0 Å². The van der Waals surface area contributed by atoms with Crippen LogP contribution in [0.15, 0.2) is 89.5 Å². The van der Waals surface area contributed by atoms with E-state index in [4.69, 9.17) is 9.40 Å². The number of para-hydroxylation sites is 2. The minimum atomic E-state index is -1.34. The van der Waals surface area contributed by atoms with Crippen LogP contribution in [0.3, 0.4) is 0 Å². The van der Waals surface area contributed by atoms with Gasteiger partial charge >= 0.3 is 0 Å². The van der Waals surface area contributed by atoms with Gasteiger partial charge in [0, 0.05) is 38.0 Å². The molecule has 7 heteroatoms. The summed E-state index contributed by atoms with van der Waals surface area (Å²) in [5.41, 5.74) is 10.0. The summed E-state index contributed by atoms with van der Waals surface area (Å²) in [6.07, 6.45) is 3.24. The van der Waals surface area contributed by atoms with Gasteiger partial charge in [-0.15, -0.1) is 54.1 Å². The van der Waals surface area contributed by atoms with Gasteiger partial charge in [-0.05, 0) is 73.6 Å². The molecular formula is C40H42IrN4OSi-2. The molecular weight excluding hydrogens is 773 g/mol. The molecule has 0 saturated heterocycles. The van der Waals surface area contributed by atoms with Gasteiger partial charge in [-0.3, -0.25) is 9.97 Å². The number of hydrogen-bond donors (Lipinski definition) is 0. The Balaban J connectivity index is 0.000000188. The Bertz CT molecular complexity index is 2140. The first-order chi connectivity index (χ1) is 22.0. The standard InChI is InChI=1S/C22H18N3O.C18H24NSi.Ir/c1-13(2)25-18-10-5-4-9-17(18)24-22(25)16-8-6-7-15-20-19(26-21(15)16)12-11-14(3)23-20;1-14(2)11-16-12-17(15-9-7-6-8-10-15)19-13-18(16)20(3,4)5;/h4-7,9-13H,1-3H3;6-9,12-14H,11H2,1-5H3;/q2*-1;. The van der Waals surface area contributed by atoms with E-state index in [9.17, 15) is 0 Å². The molecule has 0 fully saturated rings. The van der Waals surface area contributed by atoms with Crippen molar-refractivity contribution in [3.8, 4) is 22.6 Å². The zero-order valence-corrected chi connectivity index (χ0v) is 31.9. The van der Waals surface area contributed by atoms with Crippen LogP contribution in [0.25, 0.3) is 55.7 Å². The van der Waals surface area contributed by atoms with E-state index in [2.05, 4.69) is 98.4 Å². The van der Waals surface area contributed by atoms with Gasteiger partial charge in [-0.2, -0.15) is 0 Å². The Hall–Kier alpha value is -3.90. The largest absolute Gasteiger partial charge is 0.499 e. The minimum absolute atomic E-state index is 0. The predicted octanol–water partition coefficient (Wildman–Crippen LogP) is 9.98. The van der Waals surface area contributed by atoms with Crippen LogP contribution in [0.5, 0.6) is 0 Å². The van der Waals surface area contributed by atoms with Gasteiger partial charge in [0.2, 0.25) is 0 Å². The van der Waals surface area contributed by atoms with Crippen LogP contribution in [-0.4, -0.2) is 27.6 Å². The second-order valence-corrected chi connectivity index (χ2v) is 18.8. The van der Waals surface area contributed by atoms with Crippen LogP contribution in [0.4, 0.5) is 0 Å². The van der Waals surface area contributed by atoms with Gasteiger partial charge in [0.15, 0.2) is 0 Å². The third kappa shape index (κ3) is 7.18. The number of fused-ring (bicyclic) bond motifs is 4. The quantitative estimate of drug-likeness (QED) is 0.124. The molecule has 0 saturated carbocycles. The summed E-state index contributed by atoms with van der Waals surface area (Å²) in [5.74, 6) is 1.54. The van der Waals surface area contributed by atoms with Crippen LogP contribution < -0.4 is 5.19 Å². The number of aryl methyl sites for hydroxylation is 1. The number of rotatable bonds is 6. The summed E-state index contributed by atoms with van der Waals surface area (Å²) >= 11 is 0. The second-order valence-electron chi connectivity index (χ2n) is 13.7. The summed E-state index contributed by atoms with van der Waals surface area (Å²) in [6.45, 7) is 18.1. The zero-order chi connectivity index (χ0) is 32.6. The molecule has 0 aliphatic heterocycles. The van der Waals surface area contributed by atoms with Crippen molar-refractivity contribution < 1.29 is 24.5 Å². The molecule has 0 spiro atoms. The molecule has 47 heavy (non-hydrogen) atoms. The normalized spacial score (nSPS) is 11.7. The first-order valence-corrected chi connectivity index (χ1v) is 19.7. The van der Waals surface area contributed by atoms with Gasteiger partial charge in [-0.1, -0.05) is 62.8 Å². The summed E-state index contributed by atoms with van der Waals surface area (Å²) < 4.78 is 8.42. The molecule has 7 rings (SSSR count). The van der Waals surface area contributed by atoms with Crippen molar-refractivity contribution >= 4 is 46.4 Å². The van der Waals surface area contributed by atoms with Gasteiger partial charge in [0.25, 0.3) is 0 Å². The third-order valence-electron chi connectivity index (χ3n) is 8.16. The first-order valence-electron chi connectivity index (χ1n) is 16.2. The van der Waals surface area contributed by atoms with E-state index in [1.165, 1.54) is 10.8 Å². The molecule has 0 amide bonds. The Morgan fingerprint density at radius 1 is 0.872 bits per heavy atom. The van der Waals surface area contributed by atoms with Crippen LogP contribution in [-0.2, 0) is 26.5 Å². The predicted molar refractivity (Wildman–Crippen MR) is 194 cm³/mol. The number of benzene rings is 3. The van der Waals surface area contributed by atoms with E-state index >= 15 is 0 Å². The van der Waals surface area contributed by atoms with E-state index in [0.29, 0.717) is 5.92 Å². The molecule has 4 aromatic heterocycles. The Labute approximate surface area is 292 Å². The number of pyridine rings is 2. The molecule has 5 nitrogen and oxygen atoms in total. The fourth-order valence-corrected chi connectivity index (χ4v) is 7.69. The summed E-state index contributed by atoms with van der Waals surface area (Å²) in [7, 11) is -1.34. The summed E-state index contributed by atoms with van der Waals surface area (Å²) in [4.78, 5) is 14.2. The molecule has 0 unspecified atom stereocenters. The van der Waals surface area contributed by atoms with E-state index in [1.54, 1.807) is 0 Å². The number of imidazole rings is 1.